The minimum atomic E-state index is -0.151. The molecule has 0 radical (unpaired) electrons. The zero-order chi connectivity index (χ0) is 19.2. The molecule has 0 spiro atoms. The highest BCUT2D eigenvalue weighted by Gasteiger charge is 2.15. The van der Waals surface area contributed by atoms with Crippen molar-refractivity contribution < 1.29 is 9.59 Å². The van der Waals surface area contributed by atoms with Crippen LogP contribution in [0.25, 0.3) is 11.0 Å². The van der Waals surface area contributed by atoms with Gasteiger partial charge in [0.25, 0.3) is 5.91 Å². The van der Waals surface area contributed by atoms with Gasteiger partial charge in [0.05, 0.1) is 17.6 Å². The van der Waals surface area contributed by atoms with Gasteiger partial charge in [0.1, 0.15) is 12.4 Å². The monoisotopic (exact) mass is 364 g/mol. The summed E-state index contributed by atoms with van der Waals surface area (Å²) in [6.45, 7) is 4.99. The summed E-state index contributed by atoms with van der Waals surface area (Å²) in [5.41, 5.74) is 3.24. The lowest BCUT2D eigenvalue weighted by molar-refractivity contribution is -0.121. The quantitative estimate of drug-likeness (QED) is 0.677. The van der Waals surface area contributed by atoms with Crippen LogP contribution >= 0.6 is 0 Å². The van der Waals surface area contributed by atoms with Crippen molar-refractivity contribution in [3.8, 4) is 0 Å². The first-order valence-electron chi connectivity index (χ1n) is 9.14. The summed E-state index contributed by atoms with van der Waals surface area (Å²) in [6, 6.07) is 15.1. The van der Waals surface area contributed by atoms with Crippen molar-refractivity contribution in [1.29, 1.82) is 0 Å². The van der Waals surface area contributed by atoms with E-state index in [0.29, 0.717) is 17.9 Å². The third kappa shape index (κ3) is 4.34. The van der Waals surface area contributed by atoms with Crippen LogP contribution in [0.15, 0.2) is 48.5 Å². The fourth-order valence-electron chi connectivity index (χ4n) is 2.98. The van der Waals surface area contributed by atoms with Gasteiger partial charge in [0.2, 0.25) is 5.91 Å². The van der Waals surface area contributed by atoms with Crippen LogP contribution in [0.3, 0.4) is 0 Å². The maximum atomic E-state index is 12.5. The molecule has 1 heterocycles. The Kier molecular flexibility index (Phi) is 5.86. The van der Waals surface area contributed by atoms with Crippen LogP contribution in [0.2, 0.25) is 0 Å². The van der Waals surface area contributed by atoms with Gasteiger partial charge in [-0.05, 0) is 37.1 Å². The van der Waals surface area contributed by atoms with Gasteiger partial charge < -0.3 is 15.2 Å². The molecule has 0 aliphatic carbocycles. The Balaban J connectivity index is 1.81. The summed E-state index contributed by atoms with van der Waals surface area (Å²) in [5, 5.41) is 5.81. The van der Waals surface area contributed by atoms with Gasteiger partial charge in [0, 0.05) is 12.1 Å². The summed E-state index contributed by atoms with van der Waals surface area (Å²) in [5.74, 6) is 0.443. The number of amides is 2. The minimum Gasteiger partial charge on any atom is -0.355 e. The molecule has 1 aromatic heterocycles. The van der Waals surface area contributed by atoms with Crippen molar-refractivity contribution in [2.45, 2.75) is 33.4 Å². The third-order valence-electron chi connectivity index (χ3n) is 4.40. The van der Waals surface area contributed by atoms with Crippen LogP contribution in [0, 0.1) is 6.92 Å². The van der Waals surface area contributed by atoms with Crippen LogP contribution in [0.1, 0.15) is 35.1 Å². The molecule has 0 bridgehead atoms. The molecule has 3 aromatic rings. The number of benzene rings is 2. The topological polar surface area (TPSA) is 76.0 Å². The van der Waals surface area contributed by atoms with Crippen molar-refractivity contribution in [3.63, 3.8) is 0 Å². The average molecular weight is 364 g/mol. The van der Waals surface area contributed by atoms with E-state index in [1.54, 1.807) is 6.07 Å². The Labute approximate surface area is 158 Å². The number of para-hydroxylation sites is 2. The average Bonchev–Trinajstić information content (AvgIpc) is 3.02. The molecule has 0 unspecified atom stereocenters. The van der Waals surface area contributed by atoms with E-state index >= 15 is 0 Å². The van der Waals surface area contributed by atoms with Crippen LogP contribution in [-0.4, -0.2) is 27.9 Å². The number of imidazole rings is 1. The molecule has 2 aromatic carbocycles. The SMILES string of the molecule is CCCNC(=O)Cn1c(CNC(=O)c2ccccc2C)nc2ccccc21. The smallest absolute Gasteiger partial charge is 0.251 e. The Morgan fingerprint density at radius 1 is 1.04 bits per heavy atom. The number of hydrogen-bond acceptors (Lipinski definition) is 3. The fourth-order valence-corrected chi connectivity index (χ4v) is 2.98. The van der Waals surface area contributed by atoms with E-state index in [1.807, 2.05) is 60.9 Å². The number of carbonyl (C=O) groups is 2. The number of nitrogens with one attached hydrogen (secondary N) is 2. The summed E-state index contributed by atoms with van der Waals surface area (Å²) >= 11 is 0. The number of rotatable bonds is 7. The van der Waals surface area contributed by atoms with Gasteiger partial charge >= 0.3 is 0 Å². The molecule has 2 amide bonds. The molecule has 3 rings (SSSR count). The predicted octanol–water partition coefficient (Wildman–Crippen LogP) is 2.80. The Hall–Kier alpha value is -3.15. The highest BCUT2D eigenvalue weighted by molar-refractivity contribution is 5.95. The first-order chi connectivity index (χ1) is 13.1. The summed E-state index contributed by atoms with van der Waals surface area (Å²) in [4.78, 5) is 29.3. The van der Waals surface area contributed by atoms with Gasteiger partial charge in [-0.15, -0.1) is 0 Å². The molecule has 0 aliphatic heterocycles. The first-order valence-corrected chi connectivity index (χ1v) is 9.14. The molecule has 0 aliphatic rings. The standard InChI is InChI=1S/C21H24N4O2/c1-3-12-22-20(26)14-25-18-11-7-6-10-17(18)24-19(25)13-23-21(27)16-9-5-4-8-15(16)2/h4-11H,3,12-14H2,1-2H3,(H,22,26)(H,23,27). The lowest BCUT2D eigenvalue weighted by Gasteiger charge is -2.11. The fraction of sp³-hybridized carbons (Fsp3) is 0.286. The lowest BCUT2D eigenvalue weighted by atomic mass is 10.1. The van der Waals surface area contributed by atoms with Gasteiger partial charge in [-0.25, -0.2) is 4.98 Å². The van der Waals surface area contributed by atoms with Crippen LogP contribution in [0.5, 0.6) is 0 Å². The normalized spacial score (nSPS) is 10.7. The summed E-state index contributed by atoms with van der Waals surface area (Å²) in [6.07, 6.45) is 0.885. The number of nitrogens with zero attached hydrogens (tertiary/aromatic N) is 2. The van der Waals surface area contributed by atoms with E-state index in [2.05, 4.69) is 15.6 Å². The van der Waals surface area contributed by atoms with Gasteiger partial charge in [0.15, 0.2) is 0 Å². The van der Waals surface area contributed by atoms with Gasteiger partial charge in [-0.3, -0.25) is 9.59 Å². The number of carbonyl (C=O) groups excluding carboxylic acids is 2. The number of hydrogen-bond donors (Lipinski definition) is 2. The predicted molar refractivity (Wildman–Crippen MR) is 105 cm³/mol. The maximum absolute atomic E-state index is 12.5. The zero-order valence-corrected chi connectivity index (χ0v) is 15.7. The van der Waals surface area contributed by atoms with E-state index in [4.69, 9.17) is 0 Å². The van der Waals surface area contributed by atoms with Crippen LogP contribution < -0.4 is 10.6 Å². The molecule has 2 N–H and O–H groups in total. The van der Waals surface area contributed by atoms with Crippen molar-refractivity contribution in [3.05, 3.63) is 65.5 Å². The lowest BCUT2D eigenvalue weighted by Crippen LogP contribution is -2.30. The summed E-state index contributed by atoms with van der Waals surface area (Å²) < 4.78 is 1.86. The van der Waals surface area contributed by atoms with E-state index in [1.165, 1.54) is 0 Å². The second kappa shape index (κ2) is 8.49. The molecule has 0 saturated carbocycles. The Bertz CT molecular complexity index is 962. The minimum absolute atomic E-state index is 0.0634. The molecule has 6 nitrogen and oxygen atoms in total. The maximum Gasteiger partial charge on any atom is 0.251 e. The summed E-state index contributed by atoms with van der Waals surface area (Å²) in [7, 11) is 0. The molecule has 0 atom stereocenters. The highest BCUT2D eigenvalue weighted by Crippen LogP contribution is 2.16. The number of aromatic nitrogens is 2. The molecular weight excluding hydrogens is 340 g/mol. The van der Waals surface area contributed by atoms with Crippen molar-refractivity contribution >= 4 is 22.8 Å². The molecule has 27 heavy (non-hydrogen) atoms. The largest absolute Gasteiger partial charge is 0.355 e. The molecule has 140 valence electrons. The van der Waals surface area contributed by atoms with E-state index in [-0.39, 0.29) is 24.9 Å². The molecule has 0 fully saturated rings. The van der Waals surface area contributed by atoms with Crippen LogP contribution in [-0.2, 0) is 17.9 Å². The molecule has 0 saturated heterocycles. The third-order valence-corrected chi connectivity index (χ3v) is 4.40. The van der Waals surface area contributed by atoms with Crippen molar-refractivity contribution in [2.75, 3.05) is 6.54 Å². The number of aryl methyl sites for hydroxylation is 1. The Morgan fingerprint density at radius 3 is 2.56 bits per heavy atom. The van der Waals surface area contributed by atoms with E-state index in [9.17, 15) is 9.59 Å². The second-order valence-corrected chi connectivity index (χ2v) is 6.45. The highest BCUT2D eigenvalue weighted by atomic mass is 16.2. The van der Waals surface area contributed by atoms with Crippen molar-refractivity contribution in [2.24, 2.45) is 0 Å². The zero-order valence-electron chi connectivity index (χ0n) is 15.7. The number of fused-ring (bicyclic) bond motifs is 1. The van der Waals surface area contributed by atoms with Gasteiger partial charge in [-0.1, -0.05) is 37.3 Å². The van der Waals surface area contributed by atoms with Crippen LogP contribution in [0.4, 0.5) is 0 Å². The first kappa shape index (κ1) is 18.6. The van der Waals surface area contributed by atoms with E-state index < -0.39 is 0 Å². The Morgan fingerprint density at radius 2 is 1.78 bits per heavy atom. The van der Waals surface area contributed by atoms with E-state index in [0.717, 1.165) is 23.0 Å². The molecular formula is C21H24N4O2. The van der Waals surface area contributed by atoms with Crippen molar-refractivity contribution in [1.82, 2.24) is 20.2 Å². The molecule has 6 heteroatoms. The van der Waals surface area contributed by atoms with Gasteiger partial charge in [-0.2, -0.15) is 0 Å². The second-order valence-electron chi connectivity index (χ2n) is 6.45.